The van der Waals surface area contributed by atoms with Crippen molar-refractivity contribution >= 4 is 16.6 Å². The maximum Gasteiger partial charge on any atom is 0.184 e. The normalized spacial score (nSPS) is 41.1. The van der Waals surface area contributed by atoms with Crippen LogP contribution < -0.4 is 0 Å². The van der Waals surface area contributed by atoms with E-state index in [1.54, 1.807) is 5.57 Å². The van der Waals surface area contributed by atoms with Crippen LogP contribution in [0.5, 0.6) is 0 Å². The van der Waals surface area contributed by atoms with Gasteiger partial charge in [0.05, 0.1) is 6.10 Å². The summed E-state index contributed by atoms with van der Waals surface area (Å²) in [6.45, 7) is 27.0. The molecule has 4 rings (SSSR count). The fourth-order valence-corrected chi connectivity index (χ4v) is 12.0. The van der Waals surface area contributed by atoms with Crippen LogP contribution in [0.25, 0.3) is 0 Å². The lowest BCUT2D eigenvalue weighted by molar-refractivity contribution is -0.0923. The molecule has 0 amide bonds. The van der Waals surface area contributed by atoms with Gasteiger partial charge in [-0.2, -0.15) is 0 Å². The van der Waals surface area contributed by atoms with Crippen molar-refractivity contribution in [2.45, 2.75) is 150 Å². The molecule has 4 heteroatoms. The summed E-state index contributed by atoms with van der Waals surface area (Å²) in [5, 5.41) is 0. The first-order valence-electron chi connectivity index (χ1n) is 16.1. The monoisotopic (exact) mass is 546 g/mol. The molecule has 4 aliphatic carbocycles. The van der Waals surface area contributed by atoms with Gasteiger partial charge in [-0.25, -0.2) is 0 Å². The van der Waals surface area contributed by atoms with Crippen molar-refractivity contribution in [2.75, 3.05) is 0 Å². The van der Waals surface area contributed by atoms with E-state index in [-0.39, 0.29) is 0 Å². The van der Waals surface area contributed by atoms with Crippen LogP contribution in [0.3, 0.4) is 0 Å². The molecular formula is C33H62O2Si2. The molecule has 0 aliphatic heterocycles. The molecule has 0 aromatic heterocycles. The molecule has 0 spiro atoms. The van der Waals surface area contributed by atoms with E-state index >= 15 is 0 Å². The maximum absolute atomic E-state index is 7.15. The lowest BCUT2D eigenvalue weighted by Crippen LogP contribution is -2.57. The lowest BCUT2D eigenvalue weighted by atomic mass is 9.46. The van der Waals surface area contributed by atoms with E-state index in [1.807, 2.05) is 0 Å². The van der Waals surface area contributed by atoms with Crippen LogP contribution in [-0.2, 0) is 8.85 Å². The van der Waals surface area contributed by atoms with Gasteiger partial charge in [0, 0.05) is 6.10 Å². The summed E-state index contributed by atoms with van der Waals surface area (Å²) in [5.74, 6) is 4.93. The Labute approximate surface area is 233 Å². The molecule has 9 atom stereocenters. The van der Waals surface area contributed by atoms with Gasteiger partial charge in [-0.15, -0.1) is 0 Å². The average molecular weight is 547 g/mol. The molecule has 0 saturated heterocycles. The van der Waals surface area contributed by atoms with Crippen molar-refractivity contribution in [3.63, 3.8) is 0 Å². The fourth-order valence-electron chi connectivity index (χ4n) is 9.74. The van der Waals surface area contributed by atoms with Gasteiger partial charge in [-0.1, -0.05) is 65.5 Å². The maximum atomic E-state index is 7.15. The Hall–Kier alpha value is 0.0938. The van der Waals surface area contributed by atoms with Crippen LogP contribution in [0.1, 0.15) is 98.8 Å². The van der Waals surface area contributed by atoms with Gasteiger partial charge in [-0.05, 0) is 131 Å². The van der Waals surface area contributed by atoms with E-state index < -0.39 is 16.6 Å². The van der Waals surface area contributed by atoms with Crippen LogP contribution in [0.15, 0.2) is 11.6 Å². The van der Waals surface area contributed by atoms with Gasteiger partial charge in [0.25, 0.3) is 0 Å². The zero-order valence-corrected chi connectivity index (χ0v) is 28.6. The molecule has 3 fully saturated rings. The van der Waals surface area contributed by atoms with E-state index in [0.29, 0.717) is 29.0 Å². The van der Waals surface area contributed by atoms with Crippen molar-refractivity contribution in [3.8, 4) is 0 Å². The lowest BCUT2D eigenvalue weighted by Gasteiger charge is -2.61. The highest BCUT2D eigenvalue weighted by Crippen LogP contribution is 2.68. The summed E-state index contributed by atoms with van der Waals surface area (Å²) in [4.78, 5) is 0. The smallest absolute Gasteiger partial charge is 0.184 e. The van der Waals surface area contributed by atoms with Crippen molar-refractivity contribution in [1.29, 1.82) is 0 Å². The molecule has 214 valence electrons. The molecular weight excluding hydrogens is 485 g/mol. The number of fused-ring (bicyclic) bond motifs is 5. The molecule has 0 heterocycles. The van der Waals surface area contributed by atoms with Crippen LogP contribution in [-0.4, -0.2) is 28.8 Å². The fraction of sp³-hybridized carbons (Fsp3) is 0.939. The molecule has 37 heavy (non-hydrogen) atoms. The standard InChI is InChI=1S/C33H62O2Si2/c1-23(2)13-12-14-24(3)27-15-16-28-31-29(18-20-33(27,28)5)32(4)19-17-26(34-36(6,7)8)21-25(32)22-30(31)35-37(9,10)11/h22-24,26-31H,12-21H2,1-11H3. The van der Waals surface area contributed by atoms with E-state index in [1.165, 1.54) is 57.8 Å². The Morgan fingerprint density at radius 3 is 2.14 bits per heavy atom. The summed E-state index contributed by atoms with van der Waals surface area (Å²) in [5.41, 5.74) is 2.55. The third-order valence-electron chi connectivity index (χ3n) is 11.3. The highest BCUT2D eigenvalue weighted by molar-refractivity contribution is 6.70. The van der Waals surface area contributed by atoms with E-state index in [0.717, 1.165) is 36.0 Å². The molecule has 0 aromatic rings. The Kier molecular flexibility index (Phi) is 8.79. The summed E-state index contributed by atoms with van der Waals surface area (Å²) in [6.07, 6.45) is 17.1. The first-order chi connectivity index (χ1) is 17.0. The number of rotatable bonds is 9. The Morgan fingerprint density at radius 1 is 0.838 bits per heavy atom. The minimum Gasteiger partial charge on any atom is -0.414 e. The first-order valence-corrected chi connectivity index (χ1v) is 22.9. The van der Waals surface area contributed by atoms with Crippen molar-refractivity contribution in [2.24, 2.45) is 46.3 Å². The van der Waals surface area contributed by atoms with Gasteiger partial charge in [0.15, 0.2) is 16.6 Å². The van der Waals surface area contributed by atoms with E-state index in [2.05, 4.69) is 80.0 Å². The second kappa shape index (κ2) is 10.8. The largest absolute Gasteiger partial charge is 0.414 e. The summed E-state index contributed by atoms with van der Waals surface area (Å²) < 4.78 is 13.8. The summed E-state index contributed by atoms with van der Waals surface area (Å²) >= 11 is 0. The van der Waals surface area contributed by atoms with Gasteiger partial charge in [0.2, 0.25) is 0 Å². The number of hydrogen-bond donors (Lipinski definition) is 0. The van der Waals surface area contributed by atoms with Crippen molar-refractivity contribution in [3.05, 3.63) is 11.6 Å². The Morgan fingerprint density at radius 2 is 1.51 bits per heavy atom. The van der Waals surface area contributed by atoms with E-state index in [4.69, 9.17) is 8.85 Å². The molecule has 3 saturated carbocycles. The van der Waals surface area contributed by atoms with Gasteiger partial charge >= 0.3 is 0 Å². The van der Waals surface area contributed by atoms with Gasteiger partial charge < -0.3 is 8.85 Å². The second-order valence-corrected chi connectivity index (χ2v) is 25.6. The molecule has 2 nitrogen and oxygen atoms in total. The average Bonchev–Trinajstić information content (AvgIpc) is 3.09. The molecule has 0 aromatic carbocycles. The highest BCUT2D eigenvalue weighted by Gasteiger charge is 2.61. The zero-order chi connectivity index (χ0) is 27.4. The molecule has 0 radical (unpaired) electrons. The molecule has 9 unspecified atom stereocenters. The van der Waals surface area contributed by atoms with Crippen LogP contribution >= 0.6 is 0 Å². The highest BCUT2D eigenvalue weighted by atomic mass is 28.4. The quantitative estimate of drug-likeness (QED) is 0.211. The Bertz CT molecular complexity index is 823. The third kappa shape index (κ3) is 6.38. The molecule has 0 N–H and O–H groups in total. The van der Waals surface area contributed by atoms with Crippen LogP contribution in [0, 0.1) is 46.3 Å². The Balaban J connectivity index is 1.61. The zero-order valence-electron chi connectivity index (χ0n) is 26.6. The van der Waals surface area contributed by atoms with E-state index in [9.17, 15) is 0 Å². The summed E-state index contributed by atoms with van der Waals surface area (Å²) in [6, 6.07) is 0. The topological polar surface area (TPSA) is 18.5 Å². The minimum atomic E-state index is -1.66. The SMILES string of the molecule is CC(C)CCCC(C)C1CCC2C3C(O[Si](C)(C)C)C=C4CC(O[Si](C)(C)C)CCC4(C)C3CCC12C. The van der Waals surface area contributed by atoms with Crippen LogP contribution in [0.2, 0.25) is 39.3 Å². The summed E-state index contributed by atoms with van der Waals surface area (Å²) in [7, 11) is -3.19. The van der Waals surface area contributed by atoms with Gasteiger partial charge in [0.1, 0.15) is 0 Å². The first kappa shape index (κ1) is 30.1. The molecule has 0 bridgehead atoms. The third-order valence-corrected chi connectivity index (χ3v) is 13.3. The molecule has 4 aliphatic rings. The predicted octanol–water partition coefficient (Wildman–Crippen LogP) is 10.1. The van der Waals surface area contributed by atoms with Gasteiger partial charge in [-0.3, -0.25) is 0 Å². The number of hydrogen-bond acceptors (Lipinski definition) is 2. The minimum absolute atomic E-state index is 0.324. The van der Waals surface area contributed by atoms with Crippen molar-refractivity contribution in [1.82, 2.24) is 0 Å². The second-order valence-electron chi connectivity index (χ2n) is 16.7. The van der Waals surface area contributed by atoms with Crippen molar-refractivity contribution < 1.29 is 8.85 Å². The van der Waals surface area contributed by atoms with Crippen LogP contribution in [0.4, 0.5) is 0 Å². The predicted molar refractivity (Wildman–Crippen MR) is 165 cm³/mol.